The molecule has 82 valence electrons. The number of halogens is 1. The molecule has 0 amide bonds. The van der Waals surface area contributed by atoms with Crippen LogP contribution in [0.3, 0.4) is 0 Å². The third-order valence-electron chi connectivity index (χ3n) is 1.64. The highest BCUT2D eigenvalue weighted by Gasteiger charge is 2.09. The molecule has 0 saturated heterocycles. The molecule has 0 heterocycles. The lowest BCUT2D eigenvalue weighted by molar-refractivity contribution is -0.145. The third-order valence-corrected chi connectivity index (χ3v) is 1.64. The van der Waals surface area contributed by atoms with Crippen LogP contribution in [0.15, 0.2) is 18.2 Å². The van der Waals surface area contributed by atoms with Crippen LogP contribution in [0.5, 0.6) is 5.75 Å². The molecule has 0 atom stereocenters. The Labute approximate surface area is 86.8 Å². The fraction of sp³-hybridized carbons (Fsp3) is 0.300. The molecule has 0 spiro atoms. The zero-order valence-corrected chi connectivity index (χ0v) is 8.33. The lowest BCUT2D eigenvalue weighted by atomic mass is 10.3. The first-order valence-electron chi connectivity index (χ1n) is 4.47. The molecule has 0 unspecified atom stereocenters. The summed E-state index contributed by atoms with van der Waals surface area (Å²) in [7, 11) is 0. The highest BCUT2D eigenvalue weighted by molar-refractivity contribution is 5.71. The number of carbonyl (C=O) groups is 1. The Kier molecular flexibility index (Phi) is 3.91. The summed E-state index contributed by atoms with van der Waals surface area (Å²) in [6.07, 6.45) is 0. The van der Waals surface area contributed by atoms with Crippen molar-refractivity contribution in [3.8, 4) is 5.75 Å². The maximum Gasteiger partial charge on any atom is 0.344 e. The number of nitrogen functional groups attached to an aromatic ring is 1. The van der Waals surface area contributed by atoms with E-state index in [2.05, 4.69) is 4.74 Å². The molecule has 0 aliphatic rings. The van der Waals surface area contributed by atoms with Crippen LogP contribution in [0.25, 0.3) is 0 Å². The first-order valence-corrected chi connectivity index (χ1v) is 4.47. The van der Waals surface area contributed by atoms with Crippen molar-refractivity contribution in [1.82, 2.24) is 0 Å². The van der Waals surface area contributed by atoms with E-state index in [1.165, 1.54) is 12.1 Å². The van der Waals surface area contributed by atoms with Gasteiger partial charge in [-0.25, -0.2) is 9.18 Å². The van der Waals surface area contributed by atoms with Crippen LogP contribution in [-0.2, 0) is 9.53 Å². The van der Waals surface area contributed by atoms with E-state index in [1.54, 1.807) is 13.0 Å². The minimum Gasteiger partial charge on any atom is -0.479 e. The average molecular weight is 213 g/mol. The van der Waals surface area contributed by atoms with E-state index in [9.17, 15) is 9.18 Å². The Balaban J connectivity index is 2.58. The van der Waals surface area contributed by atoms with E-state index in [4.69, 9.17) is 10.5 Å². The lowest BCUT2D eigenvalue weighted by Crippen LogP contribution is -2.15. The molecule has 0 fully saturated rings. The number of benzene rings is 1. The minimum absolute atomic E-state index is 0.0173. The van der Waals surface area contributed by atoms with Crippen LogP contribution in [-0.4, -0.2) is 19.2 Å². The van der Waals surface area contributed by atoms with Gasteiger partial charge in [-0.15, -0.1) is 0 Å². The van der Waals surface area contributed by atoms with E-state index < -0.39 is 11.8 Å². The van der Waals surface area contributed by atoms with E-state index >= 15 is 0 Å². The van der Waals surface area contributed by atoms with Crippen molar-refractivity contribution in [3.63, 3.8) is 0 Å². The zero-order chi connectivity index (χ0) is 11.3. The summed E-state index contributed by atoms with van der Waals surface area (Å²) in [5.74, 6) is -1.26. The van der Waals surface area contributed by atoms with Gasteiger partial charge >= 0.3 is 5.97 Å². The molecule has 0 saturated carbocycles. The quantitative estimate of drug-likeness (QED) is 0.605. The van der Waals surface area contributed by atoms with Crippen molar-refractivity contribution in [2.24, 2.45) is 0 Å². The summed E-state index contributed by atoms with van der Waals surface area (Å²) in [5.41, 5.74) is 5.30. The Morgan fingerprint density at radius 2 is 2.27 bits per heavy atom. The summed E-state index contributed by atoms with van der Waals surface area (Å²) in [4.78, 5) is 10.9. The Morgan fingerprint density at radius 3 is 2.93 bits per heavy atom. The van der Waals surface area contributed by atoms with E-state index in [0.29, 0.717) is 0 Å². The van der Waals surface area contributed by atoms with Crippen LogP contribution in [0.4, 0.5) is 10.1 Å². The number of hydrogen-bond acceptors (Lipinski definition) is 4. The van der Waals surface area contributed by atoms with Gasteiger partial charge < -0.3 is 15.2 Å². The Bertz CT molecular complexity index is 355. The number of carbonyl (C=O) groups excluding carboxylic acids is 1. The molecule has 0 aliphatic carbocycles. The fourth-order valence-electron chi connectivity index (χ4n) is 0.979. The topological polar surface area (TPSA) is 61.5 Å². The second-order valence-corrected chi connectivity index (χ2v) is 2.75. The van der Waals surface area contributed by atoms with Crippen molar-refractivity contribution in [2.75, 3.05) is 18.9 Å². The molecule has 15 heavy (non-hydrogen) atoms. The number of hydrogen-bond donors (Lipinski definition) is 1. The Morgan fingerprint density at radius 1 is 1.53 bits per heavy atom. The van der Waals surface area contributed by atoms with Gasteiger partial charge in [0.15, 0.2) is 18.2 Å². The molecule has 0 aromatic heterocycles. The molecule has 1 rings (SSSR count). The summed E-state index contributed by atoms with van der Waals surface area (Å²) in [6.45, 7) is 1.62. The normalized spacial score (nSPS) is 9.73. The second kappa shape index (κ2) is 5.19. The number of anilines is 1. The predicted molar refractivity (Wildman–Crippen MR) is 52.9 cm³/mol. The molecule has 0 radical (unpaired) electrons. The van der Waals surface area contributed by atoms with Crippen molar-refractivity contribution in [1.29, 1.82) is 0 Å². The van der Waals surface area contributed by atoms with Crippen molar-refractivity contribution in [2.45, 2.75) is 6.92 Å². The van der Waals surface area contributed by atoms with Gasteiger partial charge in [-0.2, -0.15) is 0 Å². The Hall–Kier alpha value is -1.78. The molecule has 1 aromatic carbocycles. The smallest absolute Gasteiger partial charge is 0.344 e. The van der Waals surface area contributed by atoms with Gasteiger partial charge in [-0.3, -0.25) is 0 Å². The maximum atomic E-state index is 13.2. The highest BCUT2D eigenvalue weighted by atomic mass is 19.1. The fourth-order valence-corrected chi connectivity index (χ4v) is 0.979. The van der Waals surface area contributed by atoms with Crippen molar-refractivity contribution < 1.29 is 18.7 Å². The number of rotatable bonds is 4. The molecule has 4 nitrogen and oxygen atoms in total. The van der Waals surface area contributed by atoms with Crippen molar-refractivity contribution in [3.05, 3.63) is 24.0 Å². The average Bonchev–Trinajstić information content (AvgIpc) is 2.21. The first kappa shape index (κ1) is 11.3. The highest BCUT2D eigenvalue weighted by Crippen LogP contribution is 2.21. The number of nitrogens with two attached hydrogens (primary N) is 1. The molecule has 1 aromatic rings. The van der Waals surface area contributed by atoms with Crippen molar-refractivity contribution >= 4 is 11.7 Å². The molecular formula is C10H12FNO3. The van der Waals surface area contributed by atoms with Gasteiger partial charge in [-0.05, 0) is 19.1 Å². The van der Waals surface area contributed by atoms with Crippen LogP contribution in [0.2, 0.25) is 0 Å². The van der Waals surface area contributed by atoms with Gasteiger partial charge in [0.25, 0.3) is 0 Å². The summed E-state index contributed by atoms with van der Waals surface area (Å²) in [5, 5.41) is 0. The SMILES string of the molecule is CCOC(=O)COc1cccc(N)c1F. The minimum atomic E-state index is -0.665. The second-order valence-electron chi connectivity index (χ2n) is 2.75. The molecule has 0 aliphatic heterocycles. The maximum absolute atomic E-state index is 13.2. The monoisotopic (exact) mass is 213 g/mol. The number of esters is 1. The molecule has 5 heteroatoms. The van der Waals surface area contributed by atoms with Crippen LogP contribution < -0.4 is 10.5 Å². The van der Waals surface area contributed by atoms with E-state index in [1.807, 2.05) is 0 Å². The van der Waals surface area contributed by atoms with E-state index in [0.717, 1.165) is 0 Å². The summed E-state index contributed by atoms with van der Waals surface area (Å²) < 4.78 is 22.8. The standard InChI is InChI=1S/C10H12FNO3/c1-2-14-9(13)6-15-8-5-3-4-7(12)10(8)11/h3-5H,2,6,12H2,1H3. The van der Waals surface area contributed by atoms with Crippen LogP contribution in [0, 0.1) is 5.82 Å². The molecule has 0 bridgehead atoms. The van der Waals surface area contributed by atoms with Gasteiger partial charge in [0, 0.05) is 0 Å². The number of ether oxygens (including phenoxy) is 2. The van der Waals surface area contributed by atoms with Crippen LogP contribution in [0.1, 0.15) is 6.92 Å². The zero-order valence-electron chi connectivity index (χ0n) is 8.33. The predicted octanol–water partition coefficient (Wildman–Crippen LogP) is 1.35. The summed E-state index contributed by atoms with van der Waals surface area (Å²) >= 11 is 0. The third kappa shape index (κ3) is 3.12. The van der Waals surface area contributed by atoms with Gasteiger partial charge in [0.2, 0.25) is 0 Å². The molecule has 2 N–H and O–H groups in total. The molecular weight excluding hydrogens is 201 g/mol. The summed E-state index contributed by atoms with van der Waals surface area (Å²) in [6, 6.07) is 4.34. The van der Waals surface area contributed by atoms with Gasteiger partial charge in [-0.1, -0.05) is 6.07 Å². The van der Waals surface area contributed by atoms with E-state index in [-0.39, 0.29) is 24.7 Å². The van der Waals surface area contributed by atoms with Crippen LogP contribution >= 0.6 is 0 Å². The largest absolute Gasteiger partial charge is 0.479 e. The van der Waals surface area contributed by atoms with Gasteiger partial charge in [0.1, 0.15) is 0 Å². The lowest BCUT2D eigenvalue weighted by Gasteiger charge is -2.07. The van der Waals surface area contributed by atoms with Gasteiger partial charge in [0.05, 0.1) is 12.3 Å². The first-order chi connectivity index (χ1) is 7.15.